The van der Waals surface area contributed by atoms with Crippen molar-refractivity contribution in [3.63, 3.8) is 0 Å². The highest BCUT2D eigenvalue weighted by atomic mass is 16.5. The molecule has 4 heteroatoms. The van der Waals surface area contributed by atoms with Gasteiger partial charge in [0.2, 0.25) is 5.91 Å². The van der Waals surface area contributed by atoms with Crippen LogP contribution in [0, 0.1) is 0 Å². The molecule has 1 aliphatic rings. The Hall–Kier alpha value is -1.84. The van der Waals surface area contributed by atoms with Crippen molar-refractivity contribution in [1.29, 1.82) is 0 Å². The number of nitrogens with zero attached hydrogens (tertiary/aromatic N) is 1. The molecule has 0 aliphatic carbocycles. The molecule has 0 spiro atoms. The number of anilines is 1. The third-order valence-electron chi connectivity index (χ3n) is 3.13. The van der Waals surface area contributed by atoms with E-state index in [0.717, 1.165) is 24.4 Å². The van der Waals surface area contributed by atoms with Crippen LogP contribution < -0.4 is 9.64 Å². The van der Waals surface area contributed by atoms with Gasteiger partial charge in [0, 0.05) is 25.1 Å². The summed E-state index contributed by atoms with van der Waals surface area (Å²) < 4.78 is 5.65. The molecule has 1 aliphatic heterocycles. The van der Waals surface area contributed by atoms with E-state index in [0.29, 0.717) is 12.8 Å². The quantitative estimate of drug-likeness (QED) is 0.818. The van der Waals surface area contributed by atoms with Gasteiger partial charge in [0.05, 0.1) is 0 Å². The van der Waals surface area contributed by atoms with Gasteiger partial charge < -0.3 is 9.64 Å². The minimum atomic E-state index is -0.128. The van der Waals surface area contributed by atoms with Gasteiger partial charge in [-0.3, -0.25) is 9.59 Å². The monoisotopic (exact) mass is 261 g/mol. The summed E-state index contributed by atoms with van der Waals surface area (Å²) in [6, 6.07) is 7.47. The molecule has 1 unspecified atom stereocenters. The van der Waals surface area contributed by atoms with E-state index in [4.69, 9.17) is 4.74 Å². The lowest BCUT2D eigenvalue weighted by molar-refractivity contribution is -0.118. The highest BCUT2D eigenvalue weighted by Gasteiger charge is 2.21. The smallest absolute Gasteiger partial charge is 0.227 e. The van der Waals surface area contributed by atoms with E-state index >= 15 is 0 Å². The molecule has 0 bridgehead atoms. The van der Waals surface area contributed by atoms with Crippen LogP contribution in [0.15, 0.2) is 24.3 Å². The van der Waals surface area contributed by atoms with E-state index < -0.39 is 0 Å². The Balaban J connectivity index is 1.98. The first-order chi connectivity index (χ1) is 9.06. The van der Waals surface area contributed by atoms with Crippen LogP contribution in [-0.2, 0) is 9.59 Å². The Labute approximate surface area is 113 Å². The zero-order valence-corrected chi connectivity index (χ0v) is 11.4. The summed E-state index contributed by atoms with van der Waals surface area (Å²) in [7, 11) is 0. The minimum absolute atomic E-state index is 0.117. The number of hydrogen-bond donors (Lipinski definition) is 0. The molecule has 19 heavy (non-hydrogen) atoms. The summed E-state index contributed by atoms with van der Waals surface area (Å²) in [5.41, 5.74) is 0.911. The first-order valence-electron chi connectivity index (χ1n) is 6.63. The summed E-state index contributed by atoms with van der Waals surface area (Å²) in [5, 5.41) is 0. The van der Waals surface area contributed by atoms with Crippen molar-refractivity contribution in [3.05, 3.63) is 24.3 Å². The molecule has 0 radical (unpaired) electrons. The highest BCUT2D eigenvalue weighted by molar-refractivity contribution is 5.95. The lowest BCUT2D eigenvalue weighted by Gasteiger charge is -2.17. The molecular weight excluding hydrogens is 242 g/mol. The summed E-state index contributed by atoms with van der Waals surface area (Å²) >= 11 is 0. The van der Waals surface area contributed by atoms with Gasteiger partial charge in [0.1, 0.15) is 17.6 Å². The standard InChI is InChI=1S/C15H19NO3/c1-11(17)10-12(2)19-14-7-5-13(6-8-14)16-9-3-4-15(16)18/h5-8,12H,3-4,9-10H2,1-2H3. The molecule has 102 valence electrons. The number of hydrogen-bond acceptors (Lipinski definition) is 3. The van der Waals surface area contributed by atoms with E-state index in [2.05, 4.69) is 0 Å². The van der Waals surface area contributed by atoms with Gasteiger partial charge >= 0.3 is 0 Å². The van der Waals surface area contributed by atoms with E-state index in [-0.39, 0.29) is 17.8 Å². The van der Waals surface area contributed by atoms with Crippen molar-refractivity contribution in [3.8, 4) is 5.75 Å². The number of amides is 1. The van der Waals surface area contributed by atoms with Crippen LogP contribution in [-0.4, -0.2) is 24.3 Å². The van der Waals surface area contributed by atoms with Crippen LogP contribution in [0.25, 0.3) is 0 Å². The molecule has 1 amide bonds. The predicted octanol–water partition coefficient (Wildman–Crippen LogP) is 2.56. The number of benzene rings is 1. The third kappa shape index (κ3) is 3.56. The largest absolute Gasteiger partial charge is 0.490 e. The minimum Gasteiger partial charge on any atom is -0.490 e. The van der Waals surface area contributed by atoms with Gasteiger partial charge in [-0.05, 0) is 44.5 Å². The van der Waals surface area contributed by atoms with E-state index in [1.165, 1.54) is 0 Å². The zero-order valence-electron chi connectivity index (χ0n) is 11.4. The van der Waals surface area contributed by atoms with E-state index in [1.54, 1.807) is 11.8 Å². The van der Waals surface area contributed by atoms with Gasteiger partial charge in [-0.15, -0.1) is 0 Å². The van der Waals surface area contributed by atoms with E-state index in [9.17, 15) is 9.59 Å². The summed E-state index contributed by atoms with van der Waals surface area (Å²) in [6.45, 7) is 4.22. The maximum Gasteiger partial charge on any atom is 0.227 e. The first kappa shape index (κ1) is 13.6. The molecule has 1 heterocycles. The van der Waals surface area contributed by atoms with Crippen LogP contribution in [0.3, 0.4) is 0 Å². The molecular formula is C15H19NO3. The van der Waals surface area contributed by atoms with Crippen molar-refractivity contribution >= 4 is 17.4 Å². The molecule has 1 aromatic carbocycles. The number of carbonyl (C=O) groups excluding carboxylic acids is 2. The molecule has 4 nitrogen and oxygen atoms in total. The summed E-state index contributed by atoms with van der Waals surface area (Å²) in [5.74, 6) is 1.02. The second kappa shape index (κ2) is 5.87. The Kier molecular flexibility index (Phi) is 4.20. The van der Waals surface area contributed by atoms with Crippen LogP contribution in [0.1, 0.15) is 33.1 Å². The fourth-order valence-corrected chi connectivity index (χ4v) is 2.30. The normalized spacial score (nSPS) is 16.5. The zero-order chi connectivity index (χ0) is 13.8. The first-order valence-corrected chi connectivity index (χ1v) is 6.63. The number of ketones is 1. The SMILES string of the molecule is CC(=O)CC(C)Oc1ccc(N2CCCC2=O)cc1. The molecule has 0 N–H and O–H groups in total. The van der Waals surface area contributed by atoms with Crippen LogP contribution in [0.2, 0.25) is 0 Å². The van der Waals surface area contributed by atoms with Crippen molar-refractivity contribution < 1.29 is 14.3 Å². The molecule has 1 aromatic rings. The van der Waals surface area contributed by atoms with Crippen LogP contribution >= 0.6 is 0 Å². The second-order valence-corrected chi connectivity index (χ2v) is 4.98. The van der Waals surface area contributed by atoms with Crippen molar-refractivity contribution in [2.24, 2.45) is 0 Å². The van der Waals surface area contributed by atoms with Crippen molar-refractivity contribution in [1.82, 2.24) is 0 Å². The van der Waals surface area contributed by atoms with Gasteiger partial charge in [-0.1, -0.05) is 0 Å². The maximum atomic E-state index is 11.6. The Morgan fingerprint density at radius 1 is 1.37 bits per heavy atom. The van der Waals surface area contributed by atoms with Gasteiger partial charge in [0.25, 0.3) is 0 Å². The maximum absolute atomic E-state index is 11.6. The Bertz CT molecular complexity index is 467. The molecule has 1 atom stereocenters. The van der Waals surface area contributed by atoms with Crippen LogP contribution in [0.4, 0.5) is 5.69 Å². The second-order valence-electron chi connectivity index (χ2n) is 4.98. The molecule has 0 saturated carbocycles. The number of ether oxygens (including phenoxy) is 1. The third-order valence-corrected chi connectivity index (χ3v) is 3.13. The highest BCUT2D eigenvalue weighted by Crippen LogP contribution is 2.24. The fourth-order valence-electron chi connectivity index (χ4n) is 2.30. The topological polar surface area (TPSA) is 46.6 Å². The van der Waals surface area contributed by atoms with Gasteiger partial charge in [-0.2, -0.15) is 0 Å². The van der Waals surface area contributed by atoms with Crippen molar-refractivity contribution in [2.45, 2.75) is 39.2 Å². The van der Waals surface area contributed by atoms with Crippen LogP contribution in [0.5, 0.6) is 5.75 Å². The number of rotatable bonds is 5. The summed E-state index contributed by atoms with van der Waals surface area (Å²) in [6.07, 6.45) is 1.84. The summed E-state index contributed by atoms with van der Waals surface area (Å²) in [4.78, 5) is 24.4. The van der Waals surface area contributed by atoms with Gasteiger partial charge in [0.15, 0.2) is 0 Å². The Morgan fingerprint density at radius 3 is 2.58 bits per heavy atom. The molecule has 2 rings (SSSR count). The molecule has 1 fully saturated rings. The lowest BCUT2D eigenvalue weighted by Crippen LogP contribution is -2.23. The number of Topliss-reactive ketones (excluding diaryl/α,β-unsaturated/α-hetero) is 1. The molecule has 0 aromatic heterocycles. The van der Waals surface area contributed by atoms with Gasteiger partial charge in [-0.25, -0.2) is 0 Å². The fraction of sp³-hybridized carbons (Fsp3) is 0.467. The van der Waals surface area contributed by atoms with E-state index in [1.807, 2.05) is 31.2 Å². The average Bonchev–Trinajstić information content (AvgIpc) is 2.75. The molecule has 1 saturated heterocycles. The average molecular weight is 261 g/mol. The van der Waals surface area contributed by atoms with Crippen molar-refractivity contribution in [2.75, 3.05) is 11.4 Å². The predicted molar refractivity (Wildman–Crippen MR) is 73.4 cm³/mol. The lowest BCUT2D eigenvalue weighted by atomic mass is 10.2. The number of carbonyl (C=O) groups is 2. The Morgan fingerprint density at radius 2 is 2.05 bits per heavy atom.